The molecule has 104 valence electrons. The first-order valence-corrected chi connectivity index (χ1v) is 7.49. The summed E-state index contributed by atoms with van der Waals surface area (Å²) in [5.74, 6) is 0.0949. The molecule has 2 aromatic heterocycles. The minimum Gasteiger partial charge on any atom is -0.345 e. The number of nitrogens with zero attached hydrogens (tertiary/aromatic N) is 3. The second kappa shape index (κ2) is 5.40. The van der Waals surface area contributed by atoms with Crippen LogP contribution in [-0.2, 0) is 7.05 Å². The van der Waals surface area contributed by atoms with E-state index in [0.717, 1.165) is 29.6 Å². The van der Waals surface area contributed by atoms with Gasteiger partial charge in [-0.2, -0.15) is 0 Å². The summed E-state index contributed by atoms with van der Waals surface area (Å²) in [5, 5.41) is 0. The van der Waals surface area contributed by atoms with Gasteiger partial charge in [0.15, 0.2) is 0 Å². The Labute approximate surface area is 126 Å². The van der Waals surface area contributed by atoms with E-state index in [1.165, 1.54) is 5.56 Å². The van der Waals surface area contributed by atoms with Crippen molar-refractivity contribution in [2.45, 2.75) is 18.9 Å². The summed E-state index contributed by atoms with van der Waals surface area (Å²) in [7, 11) is 1.90. The molecule has 0 aliphatic carbocycles. The highest BCUT2D eigenvalue weighted by molar-refractivity contribution is 9.10. The molecule has 1 aliphatic rings. The minimum absolute atomic E-state index is 0.0949. The number of likely N-dealkylation sites (tertiary alicyclic amines) is 1. The second-order valence-corrected chi connectivity index (χ2v) is 6.01. The van der Waals surface area contributed by atoms with E-state index in [9.17, 15) is 4.79 Å². The molecule has 3 rings (SSSR count). The molecule has 0 saturated carbocycles. The van der Waals surface area contributed by atoms with Gasteiger partial charge in [-0.1, -0.05) is 0 Å². The first-order valence-electron chi connectivity index (χ1n) is 6.69. The predicted molar refractivity (Wildman–Crippen MR) is 80.4 cm³/mol. The largest absolute Gasteiger partial charge is 0.345 e. The number of pyridine rings is 1. The van der Waals surface area contributed by atoms with Gasteiger partial charge in [-0.15, -0.1) is 0 Å². The summed E-state index contributed by atoms with van der Waals surface area (Å²) in [5.41, 5.74) is 1.89. The second-order valence-electron chi connectivity index (χ2n) is 5.09. The van der Waals surface area contributed by atoms with Crippen molar-refractivity contribution < 1.29 is 4.79 Å². The summed E-state index contributed by atoms with van der Waals surface area (Å²) in [6, 6.07) is 6.04. The van der Waals surface area contributed by atoms with Crippen LogP contribution in [0.15, 0.2) is 41.3 Å². The van der Waals surface area contributed by atoms with Crippen molar-refractivity contribution in [3.63, 3.8) is 0 Å². The lowest BCUT2D eigenvalue weighted by atomic mass is 10.1. The highest BCUT2D eigenvalue weighted by Gasteiger charge is 2.31. The smallest absolute Gasteiger partial charge is 0.271 e. The average Bonchev–Trinajstić information content (AvgIpc) is 3.05. The predicted octanol–water partition coefficient (Wildman–Crippen LogP) is 3.16. The van der Waals surface area contributed by atoms with Crippen LogP contribution in [-0.4, -0.2) is 26.9 Å². The first kappa shape index (κ1) is 13.4. The van der Waals surface area contributed by atoms with Gasteiger partial charge in [-0.25, -0.2) is 0 Å². The van der Waals surface area contributed by atoms with Crippen LogP contribution in [0, 0.1) is 0 Å². The van der Waals surface area contributed by atoms with Crippen LogP contribution in [0.3, 0.4) is 0 Å². The van der Waals surface area contributed by atoms with Crippen molar-refractivity contribution in [1.82, 2.24) is 14.5 Å². The van der Waals surface area contributed by atoms with E-state index in [2.05, 4.69) is 20.9 Å². The molecular weight excluding hydrogens is 318 g/mol. The van der Waals surface area contributed by atoms with Crippen LogP contribution >= 0.6 is 15.9 Å². The van der Waals surface area contributed by atoms with Gasteiger partial charge < -0.3 is 9.47 Å². The molecule has 1 unspecified atom stereocenters. The number of aromatic nitrogens is 2. The van der Waals surface area contributed by atoms with Gasteiger partial charge in [0.25, 0.3) is 5.91 Å². The van der Waals surface area contributed by atoms with Gasteiger partial charge in [-0.3, -0.25) is 9.78 Å². The van der Waals surface area contributed by atoms with Crippen LogP contribution in [0.2, 0.25) is 0 Å². The maximum absolute atomic E-state index is 12.7. The molecule has 3 heterocycles. The maximum Gasteiger partial charge on any atom is 0.271 e. The average molecular weight is 334 g/mol. The zero-order valence-corrected chi connectivity index (χ0v) is 12.9. The molecule has 0 bridgehead atoms. The maximum atomic E-state index is 12.7. The number of amides is 1. The lowest BCUT2D eigenvalue weighted by Gasteiger charge is -2.25. The highest BCUT2D eigenvalue weighted by Crippen LogP contribution is 2.33. The van der Waals surface area contributed by atoms with Crippen LogP contribution < -0.4 is 0 Å². The van der Waals surface area contributed by atoms with Gasteiger partial charge in [0.05, 0.1) is 6.04 Å². The van der Waals surface area contributed by atoms with Crippen LogP contribution in [0.4, 0.5) is 0 Å². The standard InChI is InChI=1S/C15H16BrN3O/c1-18-10-12(16)9-14(18)15(20)19-8-2-3-13(19)11-4-6-17-7-5-11/h4-7,9-10,13H,2-3,8H2,1H3. The molecular formula is C15H16BrN3O. The van der Waals surface area contributed by atoms with Crippen LogP contribution in [0.5, 0.6) is 0 Å². The topological polar surface area (TPSA) is 38.1 Å². The van der Waals surface area contributed by atoms with Crippen molar-refractivity contribution in [2.75, 3.05) is 6.54 Å². The normalized spacial score (nSPS) is 18.5. The zero-order chi connectivity index (χ0) is 14.1. The fourth-order valence-electron chi connectivity index (χ4n) is 2.83. The molecule has 0 aromatic carbocycles. The highest BCUT2D eigenvalue weighted by atomic mass is 79.9. The fourth-order valence-corrected chi connectivity index (χ4v) is 3.35. The number of aryl methyl sites for hydroxylation is 1. The van der Waals surface area contributed by atoms with E-state index in [4.69, 9.17) is 0 Å². The number of carbonyl (C=O) groups excluding carboxylic acids is 1. The zero-order valence-electron chi connectivity index (χ0n) is 11.3. The third kappa shape index (κ3) is 2.38. The molecule has 0 radical (unpaired) electrons. The monoisotopic (exact) mass is 333 g/mol. The summed E-state index contributed by atoms with van der Waals surface area (Å²) in [4.78, 5) is 18.8. The molecule has 0 spiro atoms. The van der Waals surface area contributed by atoms with E-state index in [-0.39, 0.29) is 11.9 Å². The number of carbonyl (C=O) groups is 1. The van der Waals surface area contributed by atoms with Crippen LogP contribution in [0.1, 0.15) is 34.9 Å². The molecule has 4 nitrogen and oxygen atoms in total. The fraction of sp³-hybridized carbons (Fsp3) is 0.333. The number of rotatable bonds is 2. The number of hydrogen-bond donors (Lipinski definition) is 0. The molecule has 20 heavy (non-hydrogen) atoms. The van der Waals surface area contributed by atoms with E-state index in [1.807, 2.05) is 40.9 Å². The minimum atomic E-state index is 0.0949. The van der Waals surface area contributed by atoms with Crippen molar-refractivity contribution >= 4 is 21.8 Å². The third-order valence-electron chi connectivity index (χ3n) is 3.80. The molecule has 1 saturated heterocycles. The van der Waals surface area contributed by atoms with Crippen molar-refractivity contribution in [2.24, 2.45) is 7.05 Å². The molecule has 1 amide bonds. The SMILES string of the molecule is Cn1cc(Br)cc1C(=O)N1CCCC1c1ccncc1. The Morgan fingerprint density at radius 2 is 2.15 bits per heavy atom. The number of hydrogen-bond acceptors (Lipinski definition) is 2. The van der Waals surface area contributed by atoms with E-state index >= 15 is 0 Å². The summed E-state index contributed by atoms with van der Waals surface area (Å²) in [6.07, 6.45) is 7.54. The van der Waals surface area contributed by atoms with Crippen molar-refractivity contribution in [3.8, 4) is 0 Å². The lowest BCUT2D eigenvalue weighted by Crippen LogP contribution is -2.31. The Hall–Kier alpha value is -1.62. The third-order valence-corrected chi connectivity index (χ3v) is 4.23. The first-order chi connectivity index (χ1) is 9.66. The number of halogens is 1. The van der Waals surface area contributed by atoms with Gasteiger partial charge in [0.2, 0.25) is 0 Å². The summed E-state index contributed by atoms with van der Waals surface area (Å²) >= 11 is 3.42. The molecule has 1 fully saturated rings. The summed E-state index contributed by atoms with van der Waals surface area (Å²) < 4.78 is 2.80. The van der Waals surface area contributed by atoms with E-state index < -0.39 is 0 Å². The molecule has 1 aliphatic heterocycles. The van der Waals surface area contributed by atoms with Crippen molar-refractivity contribution in [1.29, 1.82) is 0 Å². The molecule has 1 atom stereocenters. The molecule has 0 N–H and O–H groups in total. The van der Waals surface area contributed by atoms with Gasteiger partial charge >= 0.3 is 0 Å². The Bertz CT molecular complexity index is 623. The molecule has 5 heteroatoms. The van der Waals surface area contributed by atoms with Crippen LogP contribution in [0.25, 0.3) is 0 Å². The Balaban J connectivity index is 1.89. The van der Waals surface area contributed by atoms with Gasteiger partial charge in [0, 0.05) is 36.7 Å². The van der Waals surface area contributed by atoms with Gasteiger partial charge in [-0.05, 0) is 52.5 Å². The lowest BCUT2D eigenvalue weighted by molar-refractivity contribution is 0.0726. The van der Waals surface area contributed by atoms with Crippen molar-refractivity contribution in [3.05, 3.63) is 52.5 Å². The summed E-state index contributed by atoms with van der Waals surface area (Å²) in [6.45, 7) is 0.814. The van der Waals surface area contributed by atoms with Gasteiger partial charge in [0.1, 0.15) is 5.69 Å². The Kier molecular flexibility index (Phi) is 3.61. The van der Waals surface area contributed by atoms with E-state index in [1.54, 1.807) is 12.4 Å². The molecule has 2 aromatic rings. The quantitative estimate of drug-likeness (QED) is 0.846. The van der Waals surface area contributed by atoms with E-state index in [0.29, 0.717) is 0 Å². The Morgan fingerprint density at radius 1 is 1.40 bits per heavy atom. The Morgan fingerprint density at radius 3 is 2.80 bits per heavy atom.